The monoisotopic (exact) mass is 366 g/mol. The molecule has 2 amide bonds. The molecule has 2 aromatic carbocycles. The van der Waals surface area contributed by atoms with Gasteiger partial charge in [0.2, 0.25) is 5.91 Å². The average Bonchev–Trinajstić information content (AvgIpc) is 3.13. The van der Waals surface area contributed by atoms with Crippen molar-refractivity contribution in [1.82, 2.24) is 10.2 Å². The average molecular weight is 366 g/mol. The van der Waals surface area contributed by atoms with Gasteiger partial charge in [0.1, 0.15) is 0 Å². The fraction of sp³-hybridized carbons (Fsp3) is 0.286. The van der Waals surface area contributed by atoms with Crippen molar-refractivity contribution in [1.29, 1.82) is 0 Å². The molecule has 0 bridgehead atoms. The summed E-state index contributed by atoms with van der Waals surface area (Å²) in [5.41, 5.74) is 2.35. The number of carbonyl (C=O) groups excluding carboxylic acids is 2. The van der Waals surface area contributed by atoms with E-state index in [1.165, 1.54) is 6.92 Å². The Bertz CT molecular complexity index is 833. The van der Waals surface area contributed by atoms with E-state index in [4.69, 9.17) is 0 Å². The number of benzene rings is 2. The summed E-state index contributed by atoms with van der Waals surface area (Å²) >= 11 is 0. The molecule has 0 saturated carbocycles. The quantitative estimate of drug-likeness (QED) is 0.850. The zero-order valence-electron chi connectivity index (χ0n) is 15.1. The van der Waals surface area contributed by atoms with Gasteiger partial charge < -0.3 is 15.3 Å². The molecule has 27 heavy (non-hydrogen) atoms. The van der Waals surface area contributed by atoms with Gasteiger partial charge >= 0.3 is 5.97 Å². The van der Waals surface area contributed by atoms with Gasteiger partial charge in [-0.3, -0.25) is 14.4 Å². The Kier molecular flexibility index (Phi) is 5.54. The molecule has 1 heterocycles. The van der Waals surface area contributed by atoms with Gasteiger partial charge in [-0.25, -0.2) is 0 Å². The van der Waals surface area contributed by atoms with Crippen molar-refractivity contribution in [2.75, 3.05) is 13.1 Å². The second-order valence-electron chi connectivity index (χ2n) is 6.78. The van der Waals surface area contributed by atoms with Gasteiger partial charge in [0.15, 0.2) is 0 Å². The van der Waals surface area contributed by atoms with Crippen LogP contribution in [-0.2, 0) is 16.1 Å². The molecule has 2 aromatic rings. The SMILES string of the molecule is CC(=O)NCc1ccc(C(=O)N2C[C@H](C(=O)O)[C@H](c3ccccc3)C2)cc1. The molecular formula is C21H22N2O4. The van der Waals surface area contributed by atoms with Crippen molar-refractivity contribution in [3.63, 3.8) is 0 Å². The smallest absolute Gasteiger partial charge is 0.308 e. The Morgan fingerprint density at radius 1 is 1.04 bits per heavy atom. The van der Waals surface area contributed by atoms with Crippen LogP contribution in [0, 0.1) is 5.92 Å². The van der Waals surface area contributed by atoms with Crippen molar-refractivity contribution < 1.29 is 19.5 Å². The van der Waals surface area contributed by atoms with Gasteiger partial charge in [0.25, 0.3) is 5.91 Å². The third-order valence-electron chi connectivity index (χ3n) is 4.89. The summed E-state index contributed by atoms with van der Waals surface area (Å²) in [5.74, 6) is -2.00. The normalized spacial score (nSPS) is 18.9. The van der Waals surface area contributed by atoms with Crippen molar-refractivity contribution in [2.24, 2.45) is 5.92 Å². The van der Waals surface area contributed by atoms with Crippen LogP contribution in [0.15, 0.2) is 54.6 Å². The number of nitrogens with zero attached hydrogens (tertiary/aromatic N) is 1. The van der Waals surface area contributed by atoms with Gasteiger partial charge in [-0.15, -0.1) is 0 Å². The van der Waals surface area contributed by atoms with Crippen LogP contribution in [-0.4, -0.2) is 40.9 Å². The Morgan fingerprint density at radius 2 is 1.70 bits per heavy atom. The van der Waals surface area contributed by atoms with Gasteiger partial charge in [0.05, 0.1) is 5.92 Å². The summed E-state index contributed by atoms with van der Waals surface area (Å²) < 4.78 is 0. The molecular weight excluding hydrogens is 344 g/mol. The number of hydrogen-bond acceptors (Lipinski definition) is 3. The number of carboxylic acids is 1. The first-order chi connectivity index (χ1) is 13.0. The first-order valence-corrected chi connectivity index (χ1v) is 8.86. The molecule has 1 saturated heterocycles. The standard InChI is InChI=1S/C21H22N2O4/c1-14(24)22-11-15-7-9-17(10-8-15)20(25)23-12-18(19(13-23)21(26)27)16-5-3-2-4-6-16/h2-10,18-19H,11-13H2,1H3,(H,22,24)(H,26,27)/t18-,19-/m0/s1. The van der Waals surface area contributed by atoms with Crippen molar-refractivity contribution in [3.05, 3.63) is 71.3 Å². The van der Waals surface area contributed by atoms with E-state index in [2.05, 4.69) is 5.32 Å². The molecule has 0 aliphatic carbocycles. The summed E-state index contributed by atoms with van der Waals surface area (Å²) in [6.45, 7) is 2.44. The van der Waals surface area contributed by atoms with Crippen LogP contribution < -0.4 is 5.32 Å². The summed E-state index contributed by atoms with van der Waals surface area (Å²) in [7, 11) is 0. The third kappa shape index (κ3) is 4.34. The minimum atomic E-state index is -0.884. The predicted molar refractivity (Wildman–Crippen MR) is 100 cm³/mol. The van der Waals surface area contributed by atoms with Crippen LogP contribution in [0.1, 0.15) is 34.3 Å². The van der Waals surface area contributed by atoms with Crippen molar-refractivity contribution >= 4 is 17.8 Å². The molecule has 2 N–H and O–H groups in total. The first kappa shape index (κ1) is 18.6. The number of rotatable bonds is 5. The fourth-order valence-corrected chi connectivity index (χ4v) is 3.43. The summed E-state index contributed by atoms with van der Waals surface area (Å²) in [5, 5.41) is 12.3. The fourth-order valence-electron chi connectivity index (χ4n) is 3.43. The predicted octanol–water partition coefficient (Wildman–Crippen LogP) is 2.26. The van der Waals surface area contributed by atoms with E-state index in [0.29, 0.717) is 18.7 Å². The zero-order valence-corrected chi connectivity index (χ0v) is 15.1. The third-order valence-corrected chi connectivity index (χ3v) is 4.89. The highest BCUT2D eigenvalue weighted by Gasteiger charge is 2.40. The Morgan fingerprint density at radius 3 is 2.30 bits per heavy atom. The minimum absolute atomic E-state index is 0.112. The molecule has 0 radical (unpaired) electrons. The molecule has 140 valence electrons. The van der Waals surface area contributed by atoms with Crippen LogP contribution in [0.5, 0.6) is 0 Å². The number of likely N-dealkylation sites (tertiary alicyclic amines) is 1. The van der Waals surface area contributed by atoms with Gasteiger partial charge in [-0.05, 0) is 23.3 Å². The number of nitrogens with one attached hydrogen (secondary N) is 1. The highest BCUT2D eigenvalue weighted by molar-refractivity contribution is 5.95. The Balaban J connectivity index is 1.73. The molecule has 2 atom stereocenters. The van der Waals surface area contributed by atoms with Crippen LogP contribution in [0.2, 0.25) is 0 Å². The lowest BCUT2D eigenvalue weighted by Crippen LogP contribution is -2.30. The van der Waals surface area contributed by atoms with E-state index in [1.807, 2.05) is 30.3 Å². The second-order valence-corrected chi connectivity index (χ2v) is 6.78. The highest BCUT2D eigenvalue weighted by atomic mass is 16.4. The van der Waals surface area contributed by atoms with E-state index in [1.54, 1.807) is 29.2 Å². The Hall–Kier alpha value is -3.15. The van der Waals surface area contributed by atoms with Crippen LogP contribution >= 0.6 is 0 Å². The van der Waals surface area contributed by atoms with Crippen molar-refractivity contribution in [3.8, 4) is 0 Å². The van der Waals surface area contributed by atoms with Gasteiger partial charge in [-0.2, -0.15) is 0 Å². The summed E-state index contributed by atoms with van der Waals surface area (Å²) in [4.78, 5) is 37.1. The lowest BCUT2D eigenvalue weighted by Gasteiger charge is -2.17. The molecule has 1 aliphatic rings. The first-order valence-electron chi connectivity index (χ1n) is 8.86. The highest BCUT2D eigenvalue weighted by Crippen LogP contribution is 2.33. The number of hydrogen-bond donors (Lipinski definition) is 2. The number of amides is 2. The van der Waals surface area contributed by atoms with Crippen LogP contribution in [0.4, 0.5) is 0 Å². The summed E-state index contributed by atoms with van der Waals surface area (Å²) in [6.07, 6.45) is 0. The van der Waals surface area contributed by atoms with Gasteiger partial charge in [-0.1, -0.05) is 42.5 Å². The minimum Gasteiger partial charge on any atom is -0.481 e. The number of carbonyl (C=O) groups is 3. The lowest BCUT2D eigenvalue weighted by molar-refractivity contribution is -0.141. The molecule has 6 heteroatoms. The maximum Gasteiger partial charge on any atom is 0.308 e. The molecule has 6 nitrogen and oxygen atoms in total. The zero-order chi connectivity index (χ0) is 19.4. The molecule has 1 aliphatic heterocycles. The maximum absolute atomic E-state index is 12.8. The van der Waals surface area contributed by atoms with Gasteiger partial charge in [0, 0.05) is 38.0 Å². The maximum atomic E-state index is 12.8. The second kappa shape index (κ2) is 8.03. The molecule has 3 rings (SSSR count). The van der Waals surface area contributed by atoms with E-state index in [0.717, 1.165) is 11.1 Å². The van der Waals surface area contributed by atoms with Crippen LogP contribution in [0.25, 0.3) is 0 Å². The van der Waals surface area contributed by atoms with E-state index in [-0.39, 0.29) is 24.3 Å². The van der Waals surface area contributed by atoms with Crippen LogP contribution in [0.3, 0.4) is 0 Å². The van der Waals surface area contributed by atoms with Crippen molar-refractivity contribution in [2.45, 2.75) is 19.4 Å². The largest absolute Gasteiger partial charge is 0.481 e. The topological polar surface area (TPSA) is 86.7 Å². The van der Waals surface area contributed by atoms with E-state index >= 15 is 0 Å². The number of aliphatic carboxylic acids is 1. The number of carboxylic acid groups (broad SMARTS) is 1. The molecule has 0 unspecified atom stereocenters. The Labute approximate surface area is 157 Å². The lowest BCUT2D eigenvalue weighted by atomic mass is 9.89. The molecule has 0 spiro atoms. The molecule has 0 aromatic heterocycles. The van der Waals surface area contributed by atoms with E-state index in [9.17, 15) is 19.5 Å². The summed E-state index contributed by atoms with van der Waals surface area (Å²) in [6, 6.07) is 16.5. The molecule has 1 fully saturated rings. The van der Waals surface area contributed by atoms with E-state index < -0.39 is 11.9 Å².